The van der Waals surface area contributed by atoms with Gasteiger partial charge >= 0.3 is 18.0 Å². The van der Waals surface area contributed by atoms with E-state index in [0.29, 0.717) is 32.0 Å². The van der Waals surface area contributed by atoms with Gasteiger partial charge in [-0.2, -0.15) is 0 Å². The summed E-state index contributed by atoms with van der Waals surface area (Å²) < 4.78 is 14.6. The summed E-state index contributed by atoms with van der Waals surface area (Å²) in [6.45, 7) is 8.70. The second-order valence-corrected chi connectivity index (χ2v) is 9.02. The average molecular weight is 427 g/mol. The molecule has 0 unspecified atom stereocenters. The number of carbonyl (C=O) groups is 4. The van der Waals surface area contributed by atoms with E-state index in [9.17, 15) is 19.2 Å². The van der Waals surface area contributed by atoms with Gasteiger partial charge in [-0.05, 0) is 33.6 Å². The topological polar surface area (TPSA) is 102 Å². The fraction of sp³-hybridized carbons (Fsp3) is 0.810. The largest absolute Gasteiger partial charge is 0.469 e. The van der Waals surface area contributed by atoms with E-state index in [0.717, 1.165) is 25.9 Å². The number of hydrogen-bond acceptors (Lipinski definition) is 8. The van der Waals surface area contributed by atoms with Crippen LogP contribution >= 0.6 is 0 Å². The number of piperazine rings is 1. The highest BCUT2D eigenvalue weighted by Crippen LogP contribution is 2.33. The Morgan fingerprint density at radius 3 is 1.80 bits per heavy atom. The number of carbonyl (C=O) groups excluding carboxylic acids is 4. The fourth-order valence-corrected chi connectivity index (χ4v) is 3.66. The highest BCUT2D eigenvalue weighted by molar-refractivity contribution is 5.94. The number of rotatable bonds is 3. The highest BCUT2D eigenvalue weighted by Gasteiger charge is 2.40. The van der Waals surface area contributed by atoms with E-state index in [1.807, 2.05) is 20.8 Å². The van der Waals surface area contributed by atoms with Crippen molar-refractivity contribution < 1.29 is 33.4 Å². The minimum absolute atomic E-state index is 0.0592. The lowest BCUT2D eigenvalue weighted by Gasteiger charge is -2.45. The summed E-state index contributed by atoms with van der Waals surface area (Å²) in [5.41, 5.74) is -0.448. The van der Waals surface area contributed by atoms with Crippen LogP contribution in [-0.2, 0) is 28.6 Å². The maximum absolute atomic E-state index is 12.0. The lowest BCUT2D eigenvalue weighted by atomic mass is 9.79. The first-order valence-corrected chi connectivity index (χ1v) is 10.4. The van der Waals surface area contributed by atoms with Gasteiger partial charge in [0, 0.05) is 45.1 Å². The summed E-state index contributed by atoms with van der Waals surface area (Å²) in [6, 6.07) is 0.454. The maximum atomic E-state index is 12.0. The Morgan fingerprint density at radius 2 is 1.37 bits per heavy atom. The molecule has 0 aromatic carbocycles. The minimum atomic E-state index is -0.448. The Labute approximate surface area is 178 Å². The average Bonchev–Trinajstić information content (AvgIpc) is 2.63. The monoisotopic (exact) mass is 426 g/mol. The van der Waals surface area contributed by atoms with Crippen LogP contribution < -0.4 is 0 Å². The van der Waals surface area contributed by atoms with Gasteiger partial charge in [-0.15, -0.1) is 0 Å². The molecule has 2 aliphatic carbocycles. The molecular formula is C21H34N2O7. The summed E-state index contributed by atoms with van der Waals surface area (Å²) in [5, 5.41) is 0. The SMILES string of the molecule is COC(=O)C1CC(=O)C1.COC(=O)C1CC(N2CCN(C(=O)OC(C)(C)C)CC2)C1. The number of Topliss-reactive ketones (excluding diaryl/α,β-unsaturated/α-hetero) is 1. The molecule has 9 heteroatoms. The predicted molar refractivity (Wildman–Crippen MR) is 108 cm³/mol. The minimum Gasteiger partial charge on any atom is -0.469 e. The van der Waals surface area contributed by atoms with Crippen molar-refractivity contribution in [3.05, 3.63) is 0 Å². The molecule has 30 heavy (non-hydrogen) atoms. The van der Waals surface area contributed by atoms with Gasteiger partial charge in [0.25, 0.3) is 0 Å². The number of amides is 1. The Hall–Kier alpha value is -2.16. The zero-order chi connectivity index (χ0) is 22.5. The van der Waals surface area contributed by atoms with E-state index in [4.69, 9.17) is 9.47 Å². The van der Waals surface area contributed by atoms with E-state index in [1.54, 1.807) is 4.90 Å². The normalized spacial score (nSPS) is 24.6. The molecule has 0 aromatic heterocycles. The first kappa shape index (κ1) is 24.1. The van der Waals surface area contributed by atoms with Gasteiger partial charge in [-0.3, -0.25) is 19.3 Å². The van der Waals surface area contributed by atoms with Crippen molar-refractivity contribution in [1.82, 2.24) is 9.80 Å². The zero-order valence-electron chi connectivity index (χ0n) is 18.6. The lowest BCUT2D eigenvalue weighted by Crippen LogP contribution is -2.56. The number of methoxy groups -OCH3 is 2. The number of esters is 2. The third-order valence-electron chi connectivity index (χ3n) is 5.61. The molecule has 0 spiro atoms. The summed E-state index contributed by atoms with van der Waals surface area (Å²) in [7, 11) is 2.78. The molecule has 0 atom stereocenters. The predicted octanol–water partition coefficient (Wildman–Crippen LogP) is 1.63. The molecule has 0 aromatic rings. The maximum Gasteiger partial charge on any atom is 0.410 e. The van der Waals surface area contributed by atoms with Gasteiger partial charge in [0.15, 0.2) is 0 Å². The van der Waals surface area contributed by atoms with Crippen LogP contribution in [0.2, 0.25) is 0 Å². The van der Waals surface area contributed by atoms with Gasteiger partial charge in [0.05, 0.1) is 26.1 Å². The molecule has 0 N–H and O–H groups in total. The van der Waals surface area contributed by atoms with Gasteiger partial charge in [0.2, 0.25) is 0 Å². The number of nitrogens with zero attached hydrogens (tertiary/aromatic N) is 2. The van der Waals surface area contributed by atoms with Gasteiger partial charge in [0.1, 0.15) is 11.4 Å². The number of hydrogen-bond donors (Lipinski definition) is 0. The van der Waals surface area contributed by atoms with Crippen molar-refractivity contribution in [2.24, 2.45) is 11.8 Å². The van der Waals surface area contributed by atoms with Crippen molar-refractivity contribution >= 4 is 23.8 Å². The van der Waals surface area contributed by atoms with Crippen LogP contribution in [0.1, 0.15) is 46.5 Å². The van der Waals surface area contributed by atoms with E-state index in [1.165, 1.54) is 14.2 Å². The van der Waals surface area contributed by atoms with Crippen LogP contribution in [0, 0.1) is 11.8 Å². The third kappa shape index (κ3) is 6.68. The van der Waals surface area contributed by atoms with Crippen LogP contribution in [0.15, 0.2) is 0 Å². The fourth-order valence-electron chi connectivity index (χ4n) is 3.66. The van der Waals surface area contributed by atoms with Gasteiger partial charge < -0.3 is 19.1 Å². The van der Waals surface area contributed by atoms with E-state index < -0.39 is 5.60 Å². The van der Waals surface area contributed by atoms with E-state index in [2.05, 4.69) is 9.64 Å². The summed E-state index contributed by atoms with van der Waals surface area (Å²) in [6.07, 6.45) is 2.28. The molecule has 1 saturated heterocycles. The van der Waals surface area contributed by atoms with Crippen molar-refractivity contribution in [3.8, 4) is 0 Å². The molecule has 3 rings (SSSR count). The summed E-state index contributed by atoms with van der Waals surface area (Å²) in [5.74, 6) is -0.273. The quantitative estimate of drug-likeness (QED) is 0.496. The van der Waals surface area contributed by atoms with Gasteiger partial charge in [-0.1, -0.05) is 0 Å². The van der Waals surface area contributed by atoms with Crippen LogP contribution in [0.5, 0.6) is 0 Å². The zero-order valence-corrected chi connectivity index (χ0v) is 18.6. The smallest absolute Gasteiger partial charge is 0.410 e. The molecule has 1 heterocycles. The Bertz CT molecular complexity index is 636. The van der Waals surface area contributed by atoms with Crippen LogP contribution in [0.4, 0.5) is 4.79 Å². The molecular weight excluding hydrogens is 392 g/mol. The van der Waals surface area contributed by atoms with Crippen molar-refractivity contribution in [1.29, 1.82) is 0 Å². The molecule has 1 aliphatic heterocycles. The highest BCUT2D eigenvalue weighted by atomic mass is 16.6. The summed E-state index contributed by atoms with van der Waals surface area (Å²) >= 11 is 0. The third-order valence-corrected chi connectivity index (χ3v) is 5.61. The molecule has 9 nitrogen and oxygen atoms in total. The van der Waals surface area contributed by atoms with Crippen LogP contribution in [0.3, 0.4) is 0 Å². The second kappa shape index (κ2) is 10.2. The van der Waals surface area contributed by atoms with E-state index >= 15 is 0 Å². The Kier molecular flexibility index (Phi) is 8.23. The standard InChI is InChI=1S/C15H26N2O4.C6H8O3/c1-15(2,3)21-14(19)17-7-5-16(6-8-17)12-9-11(10-12)13(18)20-4;1-9-6(8)4-2-5(7)3-4/h11-12H,5-10H2,1-4H3;4H,2-3H2,1H3. The van der Waals surface area contributed by atoms with Crippen molar-refractivity contribution in [3.63, 3.8) is 0 Å². The molecule has 3 aliphatic rings. The first-order valence-electron chi connectivity index (χ1n) is 10.4. The Morgan fingerprint density at radius 1 is 0.867 bits per heavy atom. The van der Waals surface area contributed by atoms with Crippen molar-refractivity contribution in [2.45, 2.75) is 58.1 Å². The molecule has 0 radical (unpaired) electrons. The Balaban J connectivity index is 0.000000297. The van der Waals surface area contributed by atoms with Crippen LogP contribution in [0.25, 0.3) is 0 Å². The second-order valence-electron chi connectivity index (χ2n) is 9.02. The summed E-state index contributed by atoms with van der Waals surface area (Å²) in [4.78, 5) is 48.4. The van der Waals surface area contributed by atoms with E-state index in [-0.39, 0.29) is 35.7 Å². The number of ether oxygens (including phenoxy) is 3. The molecule has 3 fully saturated rings. The molecule has 2 saturated carbocycles. The molecule has 0 bridgehead atoms. The van der Waals surface area contributed by atoms with Crippen LogP contribution in [-0.4, -0.2) is 85.7 Å². The first-order chi connectivity index (χ1) is 14.0. The van der Waals surface area contributed by atoms with Crippen molar-refractivity contribution in [2.75, 3.05) is 40.4 Å². The molecule has 170 valence electrons. The lowest BCUT2D eigenvalue weighted by molar-refractivity contribution is -0.153. The van der Waals surface area contributed by atoms with Gasteiger partial charge in [-0.25, -0.2) is 4.79 Å². The molecule has 1 amide bonds. The number of ketones is 1.